The fraction of sp³-hybridized carbons (Fsp3) is 0.125. The molecule has 0 aliphatic rings. The first-order chi connectivity index (χ1) is 6.97. The number of likely N-dealkylation sites (N-methyl/N-ethyl adjacent to an activating group) is 1. The standard InChI is InChI=1S/C8H9N3O4/c1-10-8(14)7(9)4-2-5(12)6(13)3-11(4)15/h2-3,9,13,15H,1H3,(H,10,14). The van der Waals surface area contributed by atoms with Crippen molar-refractivity contribution in [2.75, 3.05) is 7.05 Å². The molecule has 0 bridgehead atoms. The molecule has 0 saturated heterocycles. The highest BCUT2D eigenvalue weighted by molar-refractivity contribution is 6.43. The molecule has 0 fully saturated rings. The Balaban J connectivity index is 3.27. The molecular weight excluding hydrogens is 202 g/mol. The first kappa shape index (κ1) is 10.8. The van der Waals surface area contributed by atoms with Gasteiger partial charge in [-0.25, -0.2) is 0 Å². The lowest BCUT2D eigenvalue weighted by atomic mass is 10.2. The lowest BCUT2D eigenvalue weighted by Crippen LogP contribution is -2.30. The highest BCUT2D eigenvalue weighted by atomic mass is 16.5. The minimum absolute atomic E-state index is 0.294. The van der Waals surface area contributed by atoms with E-state index in [1.165, 1.54) is 7.05 Å². The summed E-state index contributed by atoms with van der Waals surface area (Å²) in [5.41, 5.74) is -1.64. The van der Waals surface area contributed by atoms with Gasteiger partial charge in [0.1, 0.15) is 11.4 Å². The average molecular weight is 211 g/mol. The summed E-state index contributed by atoms with van der Waals surface area (Å²) >= 11 is 0. The summed E-state index contributed by atoms with van der Waals surface area (Å²) in [5, 5.41) is 27.7. The maximum absolute atomic E-state index is 11.0. The van der Waals surface area contributed by atoms with Crippen molar-refractivity contribution in [1.29, 1.82) is 5.41 Å². The third kappa shape index (κ3) is 1.96. The molecule has 1 aromatic rings. The average Bonchev–Trinajstić information content (AvgIpc) is 2.21. The van der Waals surface area contributed by atoms with Gasteiger partial charge in [-0.15, -0.1) is 0 Å². The Morgan fingerprint density at radius 2 is 2.20 bits per heavy atom. The van der Waals surface area contributed by atoms with Crippen molar-refractivity contribution in [3.05, 3.63) is 28.2 Å². The van der Waals surface area contributed by atoms with Gasteiger partial charge < -0.3 is 15.6 Å². The van der Waals surface area contributed by atoms with Crippen molar-refractivity contribution < 1.29 is 15.1 Å². The molecule has 1 rings (SSSR count). The number of carbonyl (C=O) groups is 1. The van der Waals surface area contributed by atoms with Crippen LogP contribution in [0.15, 0.2) is 17.1 Å². The van der Waals surface area contributed by atoms with Crippen LogP contribution < -0.4 is 10.7 Å². The van der Waals surface area contributed by atoms with E-state index in [0.29, 0.717) is 4.73 Å². The van der Waals surface area contributed by atoms with E-state index in [2.05, 4.69) is 5.32 Å². The Morgan fingerprint density at radius 3 is 2.73 bits per heavy atom. The van der Waals surface area contributed by atoms with Gasteiger partial charge >= 0.3 is 0 Å². The van der Waals surface area contributed by atoms with E-state index in [-0.39, 0.29) is 5.69 Å². The minimum Gasteiger partial charge on any atom is -0.503 e. The number of rotatable bonds is 2. The van der Waals surface area contributed by atoms with Crippen LogP contribution in [0, 0.1) is 5.41 Å². The molecule has 0 unspecified atom stereocenters. The van der Waals surface area contributed by atoms with Crippen molar-refractivity contribution in [2.45, 2.75) is 0 Å². The lowest BCUT2D eigenvalue weighted by Gasteiger charge is -2.06. The molecule has 0 aliphatic carbocycles. The molecule has 1 heterocycles. The zero-order valence-corrected chi connectivity index (χ0v) is 7.81. The molecule has 4 N–H and O–H groups in total. The summed E-state index contributed by atoms with van der Waals surface area (Å²) in [5.74, 6) is -1.41. The number of hydrogen-bond acceptors (Lipinski definition) is 5. The predicted molar refractivity (Wildman–Crippen MR) is 50.4 cm³/mol. The molecule has 0 saturated carbocycles. The normalized spacial score (nSPS) is 9.67. The van der Waals surface area contributed by atoms with Gasteiger partial charge in [0.25, 0.3) is 5.91 Å². The molecule has 0 radical (unpaired) electrons. The molecule has 1 amide bonds. The fourth-order valence-corrected chi connectivity index (χ4v) is 0.941. The van der Waals surface area contributed by atoms with Crippen LogP contribution >= 0.6 is 0 Å². The van der Waals surface area contributed by atoms with E-state index >= 15 is 0 Å². The van der Waals surface area contributed by atoms with E-state index < -0.39 is 22.8 Å². The van der Waals surface area contributed by atoms with Gasteiger partial charge in [0, 0.05) is 13.1 Å². The van der Waals surface area contributed by atoms with Gasteiger partial charge in [-0.1, -0.05) is 0 Å². The molecule has 80 valence electrons. The summed E-state index contributed by atoms with van der Waals surface area (Å²) in [6.07, 6.45) is 0.717. The van der Waals surface area contributed by atoms with Crippen LogP contribution in [0.25, 0.3) is 0 Å². The van der Waals surface area contributed by atoms with Crippen LogP contribution in [0.3, 0.4) is 0 Å². The maximum Gasteiger partial charge on any atom is 0.271 e. The summed E-state index contributed by atoms with van der Waals surface area (Å²) in [6, 6.07) is 0.799. The molecule has 0 spiro atoms. The van der Waals surface area contributed by atoms with Crippen LogP contribution in [0.4, 0.5) is 0 Å². The summed E-state index contributed by atoms with van der Waals surface area (Å²) < 4.78 is 0.342. The van der Waals surface area contributed by atoms with Crippen molar-refractivity contribution in [1.82, 2.24) is 10.0 Å². The zero-order valence-electron chi connectivity index (χ0n) is 7.81. The summed E-state index contributed by atoms with van der Waals surface area (Å²) in [4.78, 5) is 22.0. The first-order valence-electron chi connectivity index (χ1n) is 3.93. The molecular formula is C8H9N3O4. The van der Waals surface area contributed by atoms with Crippen molar-refractivity contribution in [3.63, 3.8) is 0 Å². The van der Waals surface area contributed by atoms with E-state index in [9.17, 15) is 14.8 Å². The second kappa shape index (κ2) is 3.82. The molecule has 1 aromatic heterocycles. The highest BCUT2D eigenvalue weighted by Gasteiger charge is 2.15. The van der Waals surface area contributed by atoms with Gasteiger partial charge in [0.15, 0.2) is 5.75 Å². The third-order valence-electron chi connectivity index (χ3n) is 1.72. The lowest BCUT2D eigenvalue weighted by molar-refractivity contribution is -0.114. The Morgan fingerprint density at radius 1 is 1.60 bits per heavy atom. The SMILES string of the molecule is CNC(=O)C(=N)c1cc(=O)c(O)cn1O. The van der Waals surface area contributed by atoms with Crippen molar-refractivity contribution >= 4 is 11.6 Å². The number of aromatic hydroxyl groups is 1. The Kier molecular flexibility index (Phi) is 2.75. The Labute approximate surface area is 84.1 Å². The number of carbonyl (C=O) groups excluding carboxylic acids is 1. The van der Waals surface area contributed by atoms with Gasteiger partial charge in [-0.3, -0.25) is 15.0 Å². The van der Waals surface area contributed by atoms with Crippen LogP contribution in [-0.4, -0.2) is 33.7 Å². The van der Waals surface area contributed by atoms with Gasteiger partial charge in [0.05, 0.1) is 6.20 Å². The summed E-state index contributed by atoms with van der Waals surface area (Å²) in [7, 11) is 1.32. The fourth-order valence-electron chi connectivity index (χ4n) is 0.941. The first-order valence-corrected chi connectivity index (χ1v) is 3.93. The second-order valence-electron chi connectivity index (χ2n) is 2.71. The highest BCUT2D eigenvalue weighted by Crippen LogP contribution is 2.03. The molecule has 7 heteroatoms. The van der Waals surface area contributed by atoms with Gasteiger partial charge in [-0.05, 0) is 0 Å². The monoisotopic (exact) mass is 211 g/mol. The largest absolute Gasteiger partial charge is 0.503 e. The minimum atomic E-state index is -0.774. The molecule has 0 atom stereocenters. The molecule has 15 heavy (non-hydrogen) atoms. The van der Waals surface area contributed by atoms with E-state index in [1.54, 1.807) is 0 Å². The van der Waals surface area contributed by atoms with Crippen LogP contribution in [0.1, 0.15) is 5.69 Å². The topological polar surface area (TPSA) is 115 Å². The van der Waals surface area contributed by atoms with E-state index in [4.69, 9.17) is 10.5 Å². The summed E-state index contributed by atoms with van der Waals surface area (Å²) in [6.45, 7) is 0. The quantitative estimate of drug-likeness (QED) is 0.367. The van der Waals surface area contributed by atoms with E-state index in [0.717, 1.165) is 12.3 Å². The number of hydrogen-bond donors (Lipinski definition) is 4. The number of amides is 1. The smallest absolute Gasteiger partial charge is 0.271 e. The number of pyridine rings is 1. The van der Waals surface area contributed by atoms with Gasteiger partial charge in [-0.2, -0.15) is 4.73 Å². The Bertz CT molecular complexity index is 477. The van der Waals surface area contributed by atoms with Crippen molar-refractivity contribution in [2.24, 2.45) is 0 Å². The Hall–Kier alpha value is -2.31. The third-order valence-corrected chi connectivity index (χ3v) is 1.72. The van der Waals surface area contributed by atoms with Crippen LogP contribution in [-0.2, 0) is 4.79 Å². The second-order valence-corrected chi connectivity index (χ2v) is 2.71. The van der Waals surface area contributed by atoms with Crippen LogP contribution in [0.5, 0.6) is 5.75 Å². The van der Waals surface area contributed by atoms with E-state index in [1.807, 2.05) is 0 Å². The number of nitrogens with one attached hydrogen (secondary N) is 2. The van der Waals surface area contributed by atoms with Crippen molar-refractivity contribution in [3.8, 4) is 5.75 Å². The molecule has 7 nitrogen and oxygen atoms in total. The molecule has 0 aliphatic heterocycles. The number of nitrogens with zero attached hydrogens (tertiary/aromatic N) is 1. The molecule has 0 aromatic carbocycles. The zero-order chi connectivity index (χ0) is 11.6. The number of aromatic nitrogens is 1. The van der Waals surface area contributed by atoms with Gasteiger partial charge in [0.2, 0.25) is 5.43 Å². The maximum atomic E-state index is 11.0. The predicted octanol–water partition coefficient (Wildman–Crippen LogP) is -1.09. The van der Waals surface area contributed by atoms with Crippen LogP contribution in [0.2, 0.25) is 0 Å².